The molecule has 0 aromatic carbocycles. The zero-order valence-electron chi connectivity index (χ0n) is 16.2. The lowest BCUT2D eigenvalue weighted by Gasteiger charge is -2.39. The van der Waals surface area contributed by atoms with Crippen LogP contribution in [0.2, 0.25) is 0 Å². The van der Waals surface area contributed by atoms with Crippen molar-refractivity contribution in [1.29, 1.82) is 0 Å². The summed E-state index contributed by atoms with van der Waals surface area (Å²) < 4.78 is 5.65. The molecule has 0 saturated carbocycles. The van der Waals surface area contributed by atoms with Crippen molar-refractivity contribution in [3.05, 3.63) is 0 Å². The Labute approximate surface area is 138 Å². The largest absolute Gasteiger partial charge is 0.379 e. The van der Waals surface area contributed by atoms with Crippen molar-refractivity contribution in [3.63, 3.8) is 0 Å². The Morgan fingerprint density at radius 2 is 1.59 bits per heavy atom. The van der Waals surface area contributed by atoms with Crippen LogP contribution in [0.3, 0.4) is 0 Å². The first-order valence-corrected chi connectivity index (χ1v) is 8.65. The summed E-state index contributed by atoms with van der Waals surface area (Å²) in [6.07, 6.45) is 2.63. The zero-order valence-corrected chi connectivity index (χ0v) is 16.2. The average Bonchev–Trinajstić information content (AvgIpc) is 2.47. The molecule has 4 heteroatoms. The molecule has 4 atom stereocenters. The van der Waals surface area contributed by atoms with E-state index in [2.05, 4.69) is 39.5 Å². The van der Waals surface area contributed by atoms with Crippen molar-refractivity contribution >= 4 is 5.91 Å². The van der Waals surface area contributed by atoms with Crippen LogP contribution in [-0.4, -0.2) is 62.1 Å². The van der Waals surface area contributed by atoms with Gasteiger partial charge in [0, 0.05) is 26.6 Å². The SMILES string of the molecule is CCC(C)C(C(CC)OC)N(C)C(=O)CC(C(C)C)N(C)C. The predicted octanol–water partition coefficient (Wildman–Crippen LogP) is 3.26. The monoisotopic (exact) mass is 314 g/mol. The van der Waals surface area contributed by atoms with Gasteiger partial charge in [-0.1, -0.05) is 41.0 Å². The molecule has 0 N–H and O–H groups in total. The van der Waals surface area contributed by atoms with E-state index >= 15 is 0 Å². The second-order valence-electron chi connectivity index (χ2n) is 7.04. The van der Waals surface area contributed by atoms with E-state index in [1.807, 2.05) is 26.0 Å². The summed E-state index contributed by atoms with van der Waals surface area (Å²) in [4.78, 5) is 16.9. The minimum Gasteiger partial charge on any atom is -0.379 e. The van der Waals surface area contributed by atoms with Crippen LogP contribution in [0.1, 0.15) is 53.9 Å². The van der Waals surface area contributed by atoms with Crippen molar-refractivity contribution in [2.45, 2.75) is 72.1 Å². The molecular weight excluding hydrogens is 276 g/mol. The Morgan fingerprint density at radius 3 is 1.91 bits per heavy atom. The summed E-state index contributed by atoms with van der Waals surface area (Å²) in [5.41, 5.74) is 0. The van der Waals surface area contributed by atoms with Crippen molar-refractivity contribution in [2.75, 3.05) is 28.3 Å². The number of nitrogens with zero attached hydrogens (tertiary/aromatic N) is 2. The number of carbonyl (C=O) groups is 1. The molecule has 0 aliphatic rings. The fourth-order valence-corrected chi connectivity index (χ4v) is 3.29. The van der Waals surface area contributed by atoms with Crippen LogP contribution in [0.5, 0.6) is 0 Å². The summed E-state index contributed by atoms with van der Waals surface area (Å²) in [5.74, 6) is 1.10. The highest BCUT2D eigenvalue weighted by Gasteiger charge is 2.32. The van der Waals surface area contributed by atoms with Crippen LogP contribution < -0.4 is 0 Å². The second kappa shape index (κ2) is 10.2. The van der Waals surface area contributed by atoms with Crippen LogP contribution in [0, 0.1) is 11.8 Å². The molecular formula is C18H38N2O2. The average molecular weight is 315 g/mol. The highest BCUT2D eigenvalue weighted by Crippen LogP contribution is 2.23. The first kappa shape index (κ1) is 21.4. The number of hydrogen-bond acceptors (Lipinski definition) is 3. The number of hydrogen-bond donors (Lipinski definition) is 0. The Kier molecular flexibility index (Phi) is 9.94. The molecule has 4 unspecified atom stereocenters. The maximum atomic E-state index is 12.8. The first-order chi connectivity index (χ1) is 10.2. The third-order valence-corrected chi connectivity index (χ3v) is 4.97. The van der Waals surface area contributed by atoms with E-state index in [9.17, 15) is 4.79 Å². The highest BCUT2D eigenvalue weighted by atomic mass is 16.5. The normalized spacial score (nSPS) is 17.4. The molecule has 0 aromatic rings. The second-order valence-corrected chi connectivity index (χ2v) is 7.04. The minimum absolute atomic E-state index is 0.0979. The van der Waals surface area contributed by atoms with E-state index in [1.54, 1.807) is 7.11 Å². The van der Waals surface area contributed by atoms with Crippen molar-refractivity contribution in [3.8, 4) is 0 Å². The van der Waals surface area contributed by atoms with Gasteiger partial charge in [0.05, 0.1) is 12.1 Å². The predicted molar refractivity (Wildman–Crippen MR) is 94.0 cm³/mol. The molecule has 0 radical (unpaired) electrons. The number of ether oxygens (including phenoxy) is 1. The molecule has 0 fully saturated rings. The highest BCUT2D eigenvalue weighted by molar-refractivity contribution is 5.77. The Balaban J connectivity index is 5.12. The number of rotatable bonds is 10. The van der Waals surface area contributed by atoms with Crippen molar-refractivity contribution in [2.24, 2.45) is 11.8 Å². The third kappa shape index (κ3) is 5.88. The lowest BCUT2D eigenvalue weighted by molar-refractivity contribution is -0.138. The fraction of sp³-hybridized carbons (Fsp3) is 0.944. The molecule has 0 aromatic heterocycles. The van der Waals surface area contributed by atoms with Crippen LogP contribution in [-0.2, 0) is 9.53 Å². The topological polar surface area (TPSA) is 32.8 Å². The number of likely N-dealkylation sites (N-methyl/N-ethyl adjacent to an activating group) is 1. The van der Waals surface area contributed by atoms with E-state index in [4.69, 9.17) is 4.74 Å². The van der Waals surface area contributed by atoms with Crippen LogP contribution in [0.25, 0.3) is 0 Å². The maximum Gasteiger partial charge on any atom is 0.224 e. The zero-order chi connectivity index (χ0) is 17.4. The van der Waals surface area contributed by atoms with Gasteiger partial charge in [-0.15, -0.1) is 0 Å². The van der Waals surface area contributed by atoms with Crippen LogP contribution >= 0.6 is 0 Å². The summed E-state index contributed by atoms with van der Waals surface area (Å²) in [6.45, 7) is 10.9. The van der Waals surface area contributed by atoms with E-state index in [1.165, 1.54) is 0 Å². The van der Waals surface area contributed by atoms with Crippen LogP contribution in [0.4, 0.5) is 0 Å². The molecule has 0 heterocycles. The maximum absolute atomic E-state index is 12.8. The molecule has 132 valence electrons. The fourth-order valence-electron chi connectivity index (χ4n) is 3.29. The van der Waals surface area contributed by atoms with E-state index in [0.29, 0.717) is 18.3 Å². The third-order valence-electron chi connectivity index (χ3n) is 4.97. The van der Waals surface area contributed by atoms with Gasteiger partial charge in [0.2, 0.25) is 5.91 Å². The van der Waals surface area contributed by atoms with Gasteiger partial charge in [0.25, 0.3) is 0 Å². The Morgan fingerprint density at radius 1 is 1.05 bits per heavy atom. The van der Waals surface area contributed by atoms with Gasteiger partial charge in [0.1, 0.15) is 0 Å². The number of amides is 1. The molecule has 4 nitrogen and oxygen atoms in total. The Hall–Kier alpha value is -0.610. The smallest absolute Gasteiger partial charge is 0.224 e. The lowest BCUT2D eigenvalue weighted by atomic mass is 9.90. The number of methoxy groups -OCH3 is 1. The van der Waals surface area contributed by atoms with Crippen LogP contribution in [0.15, 0.2) is 0 Å². The lowest BCUT2D eigenvalue weighted by Crippen LogP contribution is -2.50. The first-order valence-electron chi connectivity index (χ1n) is 8.65. The van der Waals surface area contributed by atoms with E-state index in [-0.39, 0.29) is 24.1 Å². The summed E-state index contributed by atoms with van der Waals surface area (Å²) in [5, 5.41) is 0. The molecule has 1 amide bonds. The molecule has 0 rings (SSSR count). The molecule has 0 saturated heterocycles. The van der Waals surface area contributed by atoms with E-state index < -0.39 is 0 Å². The van der Waals surface area contributed by atoms with Gasteiger partial charge >= 0.3 is 0 Å². The van der Waals surface area contributed by atoms with Gasteiger partial charge < -0.3 is 14.5 Å². The number of carbonyl (C=O) groups excluding carboxylic acids is 1. The van der Waals surface area contributed by atoms with Gasteiger partial charge in [-0.2, -0.15) is 0 Å². The Bertz CT molecular complexity index is 306. The van der Waals surface area contributed by atoms with Crippen molar-refractivity contribution < 1.29 is 9.53 Å². The molecule has 0 bridgehead atoms. The van der Waals surface area contributed by atoms with Gasteiger partial charge in [0.15, 0.2) is 0 Å². The summed E-state index contributed by atoms with van der Waals surface area (Å²) in [7, 11) is 7.79. The van der Waals surface area contributed by atoms with E-state index in [0.717, 1.165) is 12.8 Å². The minimum atomic E-state index is 0.0979. The molecule has 0 spiro atoms. The van der Waals surface area contributed by atoms with Crippen molar-refractivity contribution in [1.82, 2.24) is 9.80 Å². The summed E-state index contributed by atoms with van der Waals surface area (Å²) >= 11 is 0. The molecule has 22 heavy (non-hydrogen) atoms. The van der Waals surface area contributed by atoms with Gasteiger partial charge in [-0.3, -0.25) is 4.79 Å². The molecule has 0 aliphatic heterocycles. The van der Waals surface area contributed by atoms with Gasteiger partial charge in [-0.05, 0) is 32.4 Å². The van der Waals surface area contributed by atoms with Gasteiger partial charge in [-0.25, -0.2) is 0 Å². The summed E-state index contributed by atoms with van der Waals surface area (Å²) in [6, 6.07) is 0.414. The standard InChI is InChI=1S/C18H38N2O2/c1-10-14(5)18(16(11-2)22-9)20(8)17(21)12-15(13(3)4)19(6)7/h13-16,18H,10-12H2,1-9H3. The quantitative estimate of drug-likeness (QED) is 0.620. The molecule has 0 aliphatic carbocycles.